The Morgan fingerprint density at radius 2 is 0.625 bits per heavy atom. The van der Waals surface area contributed by atoms with Crippen LogP contribution in [0.4, 0.5) is 0 Å². The van der Waals surface area contributed by atoms with Crippen molar-refractivity contribution in [2.45, 2.75) is 13.8 Å². The number of benzene rings is 10. The lowest BCUT2D eigenvalue weighted by atomic mass is 10.0. The summed E-state index contributed by atoms with van der Waals surface area (Å²) in [7, 11) is 0. The Morgan fingerprint density at radius 1 is 0.319 bits per heavy atom. The van der Waals surface area contributed by atoms with E-state index in [1.54, 1.807) is 0 Å². The monoisotopic (exact) mass is 923 g/mol. The van der Waals surface area contributed by atoms with E-state index in [2.05, 4.69) is 255 Å². The van der Waals surface area contributed by atoms with Gasteiger partial charge in [-0.1, -0.05) is 146 Å². The van der Waals surface area contributed by atoms with E-state index in [0.717, 1.165) is 61.0 Å². The molecule has 14 rings (SSSR count). The molecule has 0 saturated heterocycles. The van der Waals surface area contributed by atoms with Gasteiger partial charge in [0.1, 0.15) is 0 Å². The molecule has 0 aliphatic rings. The first-order chi connectivity index (χ1) is 35.6. The van der Waals surface area contributed by atoms with Crippen molar-refractivity contribution in [2.75, 3.05) is 0 Å². The topological polar surface area (TPSA) is 43.6 Å². The molecule has 0 aliphatic heterocycles. The van der Waals surface area contributed by atoms with Crippen molar-refractivity contribution < 1.29 is 0 Å². The third-order valence-corrected chi connectivity index (χ3v) is 14.4. The van der Waals surface area contributed by atoms with Gasteiger partial charge in [-0.05, 0) is 133 Å². The van der Waals surface area contributed by atoms with Gasteiger partial charge in [0.05, 0.1) is 49.8 Å². The van der Waals surface area contributed by atoms with Crippen LogP contribution in [0, 0.1) is 5.41 Å². The summed E-state index contributed by atoms with van der Waals surface area (Å²) in [6.45, 7) is 4.00. The van der Waals surface area contributed by atoms with Gasteiger partial charge in [0.2, 0.25) is 0 Å². The zero-order valence-electron chi connectivity index (χ0n) is 40.0. The maximum absolute atomic E-state index is 8.98. The molecule has 0 amide bonds. The van der Waals surface area contributed by atoms with Crippen molar-refractivity contribution in [1.29, 1.82) is 5.41 Å². The van der Waals surface area contributed by atoms with Crippen molar-refractivity contribution in [3.63, 3.8) is 0 Å². The Hall–Kier alpha value is -9.45. The lowest BCUT2D eigenvalue weighted by Gasteiger charge is -2.11. The molecule has 4 heterocycles. The van der Waals surface area contributed by atoms with Crippen LogP contribution >= 0.6 is 0 Å². The second kappa shape index (κ2) is 17.5. The minimum absolute atomic E-state index is 0.770. The lowest BCUT2D eigenvalue weighted by molar-refractivity contribution is 1.18. The van der Waals surface area contributed by atoms with Gasteiger partial charge in [0.25, 0.3) is 0 Å². The highest BCUT2D eigenvalue weighted by Gasteiger charge is 2.19. The van der Waals surface area contributed by atoms with Crippen molar-refractivity contribution in [1.82, 2.24) is 18.3 Å². The zero-order valence-corrected chi connectivity index (χ0v) is 40.0. The first kappa shape index (κ1) is 42.6. The van der Waals surface area contributed by atoms with E-state index >= 15 is 0 Å². The molecule has 0 spiro atoms. The van der Waals surface area contributed by atoms with Crippen LogP contribution in [-0.2, 0) is 0 Å². The van der Waals surface area contributed by atoms with E-state index in [4.69, 9.17) is 5.41 Å². The first-order valence-corrected chi connectivity index (χ1v) is 24.7. The molecule has 0 fully saturated rings. The quantitative estimate of drug-likeness (QED) is 0.122. The van der Waals surface area contributed by atoms with Crippen LogP contribution in [-0.4, -0.2) is 24.5 Å². The molecule has 4 aromatic heterocycles. The lowest BCUT2D eigenvalue weighted by Crippen LogP contribution is -2.00. The molecule has 5 nitrogen and oxygen atoms in total. The molecule has 0 radical (unpaired) electrons. The molecule has 342 valence electrons. The molecule has 0 aliphatic carbocycles. The summed E-state index contributed by atoms with van der Waals surface area (Å²) in [5.74, 6) is 0. The second-order valence-corrected chi connectivity index (χ2v) is 18.4. The second-order valence-electron chi connectivity index (χ2n) is 18.4. The van der Waals surface area contributed by atoms with Crippen LogP contribution in [0.2, 0.25) is 0 Å². The summed E-state index contributed by atoms with van der Waals surface area (Å²) in [6.07, 6.45) is 7.63. The average molecular weight is 924 g/mol. The molecular weight excluding hydrogens is 875 g/mol. The number of allylic oxidation sites excluding steroid dienone is 3. The molecule has 5 heteroatoms. The summed E-state index contributed by atoms with van der Waals surface area (Å²) in [5.41, 5.74) is 16.8. The molecule has 0 atom stereocenters. The Balaban J connectivity index is 0.00000122. The summed E-state index contributed by atoms with van der Waals surface area (Å²) < 4.78 is 9.23. The van der Waals surface area contributed by atoms with E-state index < -0.39 is 0 Å². The van der Waals surface area contributed by atoms with Gasteiger partial charge in [0, 0.05) is 66.9 Å². The first-order valence-electron chi connectivity index (χ1n) is 24.7. The van der Waals surface area contributed by atoms with Crippen LogP contribution in [0.15, 0.2) is 243 Å². The van der Waals surface area contributed by atoms with E-state index in [1.165, 1.54) is 71.7 Å². The summed E-state index contributed by atoms with van der Waals surface area (Å²) in [6, 6.07) is 83.1. The summed E-state index contributed by atoms with van der Waals surface area (Å²) in [4.78, 5) is 0. The third-order valence-electron chi connectivity index (χ3n) is 14.4. The number of nitrogens with one attached hydrogen (secondary N) is 1. The van der Waals surface area contributed by atoms with Crippen LogP contribution < -0.4 is 0 Å². The SMILES string of the molecule is C/C=C\C.N=C/C(=C\n1c2ccccc2c2cc(-c3ccc4c(c3)c3ccccc3n4-c3ccccc3)ccc21)n1c2ccccc2c2cc(-c3ccc4c(c3)c3ccccc3n4-c3ccccc3)ccc21. The van der Waals surface area contributed by atoms with Gasteiger partial charge in [-0.2, -0.15) is 0 Å². The fourth-order valence-corrected chi connectivity index (χ4v) is 11.1. The van der Waals surface area contributed by atoms with E-state index in [-0.39, 0.29) is 0 Å². The van der Waals surface area contributed by atoms with E-state index in [9.17, 15) is 0 Å². The highest BCUT2D eigenvalue weighted by atomic mass is 15.0. The van der Waals surface area contributed by atoms with Gasteiger partial charge in [-0.15, -0.1) is 0 Å². The van der Waals surface area contributed by atoms with Crippen LogP contribution in [0.1, 0.15) is 13.8 Å². The predicted octanol–water partition coefficient (Wildman–Crippen LogP) is 18.1. The van der Waals surface area contributed by atoms with Crippen LogP contribution in [0.25, 0.3) is 133 Å². The maximum atomic E-state index is 8.98. The Labute approximate surface area is 417 Å². The van der Waals surface area contributed by atoms with E-state index in [0.29, 0.717) is 0 Å². The molecule has 0 saturated carbocycles. The van der Waals surface area contributed by atoms with Crippen LogP contribution in [0.5, 0.6) is 0 Å². The van der Waals surface area contributed by atoms with E-state index in [1.807, 2.05) is 26.0 Å². The minimum atomic E-state index is 0.770. The standard InChI is InChI=1S/C63H41N5.C4H8/c64-39-47(68-60-26-14-10-22-51(60)55-38-44(30-34-63(55)68)43-29-33-62-54(37-43)50-21-9-13-25-59(50)67(62)46-17-5-2-6-18-46)40-65-56-23-11-7-19-48(56)52-35-41(27-31-57(52)65)42-28-32-61-53(36-42)49-20-8-12-24-58(49)66(61)45-15-3-1-4-16-45;1-3-4-2/h1-40,64H;3-4H,1-2H3/b47-40+,64-39?;4-3-. The highest BCUT2D eigenvalue weighted by Crippen LogP contribution is 2.41. The molecule has 72 heavy (non-hydrogen) atoms. The van der Waals surface area contributed by atoms with Crippen molar-refractivity contribution in [3.8, 4) is 33.6 Å². The number of rotatable bonds is 7. The smallest absolute Gasteiger partial charge is 0.0805 e. The molecule has 0 unspecified atom stereocenters. The van der Waals surface area contributed by atoms with Gasteiger partial charge in [-0.3, -0.25) is 0 Å². The number of hydrogen-bond acceptors (Lipinski definition) is 1. The number of nitrogens with zero attached hydrogens (tertiary/aromatic N) is 4. The Kier molecular flexibility index (Phi) is 10.4. The predicted molar refractivity (Wildman–Crippen MR) is 308 cm³/mol. The molecule has 1 N–H and O–H groups in total. The fraction of sp³-hybridized carbons (Fsp3) is 0.0299. The van der Waals surface area contributed by atoms with Gasteiger partial charge in [0.15, 0.2) is 0 Å². The molecule has 10 aromatic carbocycles. The maximum Gasteiger partial charge on any atom is 0.0805 e. The molecule has 14 aromatic rings. The average Bonchev–Trinajstić information content (AvgIpc) is 4.17. The number of fused-ring (bicyclic) bond motifs is 12. The normalized spacial score (nSPS) is 12.1. The Bertz CT molecular complexity index is 4470. The largest absolute Gasteiger partial charge is 0.314 e. The number of hydrogen-bond donors (Lipinski definition) is 1. The summed E-state index contributed by atoms with van der Waals surface area (Å²) in [5, 5.41) is 18.5. The third kappa shape index (κ3) is 6.81. The van der Waals surface area contributed by atoms with Crippen molar-refractivity contribution in [3.05, 3.63) is 243 Å². The van der Waals surface area contributed by atoms with Gasteiger partial charge < -0.3 is 23.7 Å². The van der Waals surface area contributed by atoms with Crippen molar-refractivity contribution >= 4 is 105 Å². The minimum Gasteiger partial charge on any atom is -0.314 e. The Morgan fingerprint density at radius 3 is 1.08 bits per heavy atom. The van der Waals surface area contributed by atoms with Crippen molar-refractivity contribution in [2.24, 2.45) is 0 Å². The van der Waals surface area contributed by atoms with Gasteiger partial charge >= 0.3 is 0 Å². The van der Waals surface area contributed by atoms with Gasteiger partial charge in [-0.25, -0.2) is 0 Å². The zero-order chi connectivity index (χ0) is 48.3. The molecular formula is C67H49N5. The number of aromatic nitrogens is 4. The highest BCUT2D eigenvalue weighted by molar-refractivity contribution is 6.20. The molecule has 0 bridgehead atoms. The number of para-hydroxylation sites is 6. The summed E-state index contributed by atoms with van der Waals surface area (Å²) >= 11 is 0. The fourth-order valence-electron chi connectivity index (χ4n) is 11.1. The van der Waals surface area contributed by atoms with Crippen LogP contribution in [0.3, 0.4) is 0 Å².